The molecular weight excluding hydrogens is 253 g/mol. The standard InChI is InChI=1S/C16H22FN3/c1-11(2)8-18-9-14-5-6-16(15(17)7-14)20-10-19-12(3)13(20)4/h5-7,10-11,18H,8-9H2,1-4H3. The molecule has 0 saturated heterocycles. The Morgan fingerprint density at radius 1 is 1.30 bits per heavy atom. The maximum Gasteiger partial charge on any atom is 0.147 e. The van der Waals surface area contributed by atoms with Gasteiger partial charge in [-0.15, -0.1) is 0 Å². The molecule has 1 aromatic carbocycles. The molecule has 0 unspecified atom stereocenters. The monoisotopic (exact) mass is 275 g/mol. The van der Waals surface area contributed by atoms with E-state index < -0.39 is 0 Å². The summed E-state index contributed by atoms with van der Waals surface area (Å²) in [6.45, 7) is 9.80. The van der Waals surface area contributed by atoms with Crippen LogP contribution in [0.1, 0.15) is 30.8 Å². The van der Waals surface area contributed by atoms with Crippen molar-refractivity contribution < 1.29 is 4.39 Å². The second-order valence-corrected chi connectivity index (χ2v) is 5.60. The molecule has 1 N–H and O–H groups in total. The second kappa shape index (κ2) is 6.18. The fraction of sp³-hybridized carbons (Fsp3) is 0.438. The molecule has 0 amide bonds. The van der Waals surface area contributed by atoms with Gasteiger partial charge < -0.3 is 9.88 Å². The summed E-state index contributed by atoms with van der Waals surface area (Å²) in [5.41, 5.74) is 3.40. The minimum atomic E-state index is -0.214. The molecule has 0 atom stereocenters. The van der Waals surface area contributed by atoms with Crippen LogP contribution < -0.4 is 5.32 Å². The van der Waals surface area contributed by atoms with Crippen molar-refractivity contribution in [2.24, 2.45) is 5.92 Å². The molecule has 0 radical (unpaired) electrons. The Labute approximate surface area is 119 Å². The van der Waals surface area contributed by atoms with Crippen LogP contribution in [0.2, 0.25) is 0 Å². The van der Waals surface area contributed by atoms with E-state index in [1.54, 1.807) is 17.0 Å². The number of nitrogens with one attached hydrogen (secondary N) is 1. The third-order valence-corrected chi connectivity index (χ3v) is 3.41. The summed E-state index contributed by atoms with van der Waals surface area (Å²) in [5.74, 6) is 0.380. The topological polar surface area (TPSA) is 29.9 Å². The van der Waals surface area contributed by atoms with Gasteiger partial charge in [-0.3, -0.25) is 0 Å². The maximum atomic E-state index is 14.2. The first-order valence-corrected chi connectivity index (χ1v) is 6.99. The number of aryl methyl sites for hydroxylation is 1. The van der Waals surface area contributed by atoms with Gasteiger partial charge in [-0.05, 0) is 44.0 Å². The van der Waals surface area contributed by atoms with Crippen molar-refractivity contribution in [1.29, 1.82) is 0 Å². The first-order valence-electron chi connectivity index (χ1n) is 6.99. The van der Waals surface area contributed by atoms with Crippen LogP contribution in [0.4, 0.5) is 4.39 Å². The van der Waals surface area contributed by atoms with Gasteiger partial charge in [-0.1, -0.05) is 19.9 Å². The Morgan fingerprint density at radius 2 is 2.05 bits per heavy atom. The fourth-order valence-corrected chi connectivity index (χ4v) is 2.10. The molecule has 0 bridgehead atoms. The zero-order valence-corrected chi connectivity index (χ0v) is 12.6. The molecule has 1 aromatic heterocycles. The van der Waals surface area contributed by atoms with Gasteiger partial charge in [0.1, 0.15) is 5.82 Å². The summed E-state index contributed by atoms with van der Waals surface area (Å²) in [6, 6.07) is 5.37. The van der Waals surface area contributed by atoms with Crippen molar-refractivity contribution in [2.45, 2.75) is 34.2 Å². The molecule has 0 fully saturated rings. The normalized spacial score (nSPS) is 11.3. The van der Waals surface area contributed by atoms with Gasteiger partial charge >= 0.3 is 0 Å². The van der Waals surface area contributed by atoms with E-state index in [2.05, 4.69) is 24.1 Å². The van der Waals surface area contributed by atoms with E-state index in [1.165, 1.54) is 0 Å². The van der Waals surface area contributed by atoms with Gasteiger partial charge in [0.05, 0.1) is 17.7 Å². The molecule has 0 aliphatic rings. The average molecular weight is 275 g/mol. The molecule has 0 aliphatic heterocycles. The highest BCUT2D eigenvalue weighted by Crippen LogP contribution is 2.18. The predicted octanol–water partition coefficient (Wildman–Crippen LogP) is 3.37. The van der Waals surface area contributed by atoms with E-state index in [-0.39, 0.29) is 5.82 Å². The molecule has 108 valence electrons. The highest BCUT2D eigenvalue weighted by atomic mass is 19.1. The van der Waals surface area contributed by atoms with Crippen molar-refractivity contribution in [3.63, 3.8) is 0 Å². The molecule has 4 heteroatoms. The number of hydrogen-bond acceptors (Lipinski definition) is 2. The van der Waals surface area contributed by atoms with Gasteiger partial charge in [0.2, 0.25) is 0 Å². The number of rotatable bonds is 5. The molecule has 20 heavy (non-hydrogen) atoms. The van der Waals surface area contributed by atoms with E-state index in [4.69, 9.17) is 0 Å². The van der Waals surface area contributed by atoms with Crippen LogP contribution in [0.3, 0.4) is 0 Å². The van der Waals surface area contributed by atoms with Gasteiger partial charge in [0, 0.05) is 12.2 Å². The highest BCUT2D eigenvalue weighted by molar-refractivity contribution is 5.38. The minimum absolute atomic E-state index is 0.214. The lowest BCUT2D eigenvalue weighted by Crippen LogP contribution is -2.19. The average Bonchev–Trinajstić information content (AvgIpc) is 2.70. The fourth-order valence-electron chi connectivity index (χ4n) is 2.10. The van der Waals surface area contributed by atoms with Crippen molar-refractivity contribution >= 4 is 0 Å². The summed E-state index contributed by atoms with van der Waals surface area (Å²) in [6.07, 6.45) is 1.67. The SMILES string of the molecule is Cc1ncn(-c2ccc(CNCC(C)C)cc2F)c1C. The van der Waals surface area contributed by atoms with Crippen LogP contribution in [0.25, 0.3) is 5.69 Å². The largest absolute Gasteiger partial charge is 0.312 e. The van der Waals surface area contributed by atoms with Crippen molar-refractivity contribution in [3.05, 3.63) is 47.3 Å². The molecule has 0 spiro atoms. The van der Waals surface area contributed by atoms with Crippen molar-refractivity contribution in [3.8, 4) is 5.69 Å². The van der Waals surface area contributed by atoms with Crippen molar-refractivity contribution in [2.75, 3.05) is 6.54 Å². The third-order valence-electron chi connectivity index (χ3n) is 3.41. The van der Waals surface area contributed by atoms with E-state index in [9.17, 15) is 4.39 Å². The Bertz CT molecular complexity index is 587. The lowest BCUT2D eigenvalue weighted by atomic mass is 10.1. The molecular formula is C16H22FN3. The summed E-state index contributed by atoms with van der Waals surface area (Å²) >= 11 is 0. The molecule has 0 aliphatic carbocycles. The van der Waals surface area contributed by atoms with Crippen LogP contribution in [0, 0.1) is 25.6 Å². The van der Waals surface area contributed by atoms with Crippen LogP contribution in [0.5, 0.6) is 0 Å². The summed E-state index contributed by atoms with van der Waals surface area (Å²) in [7, 11) is 0. The lowest BCUT2D eigenvalue weighted by molar-refractivity contribution is 0.549. The third kappa shape index (κ3) is 3.25. The van der Waals surface area contributed by atoms with E-state index in [0.717, 1.165) is 23.5 Å². The Hall–Kier alpha value is -1.68. The number of nitrogens with zero attached hydrogens (tertiary/aromatic N) is 2. The van der Waals surface area contributed by atoms with Gasteiger partial charge in [-0.2, -0.15) is 0 Å². The molecule has 1 heterocycles. The number of benzene rings is 1. The van der Waals surface area contributed by atoms with Crippen molar-refractivity contribution in [1.82, 2.24) is 14.9 Å². The molecule has 2 rings (SSSR count). The lowest BCUT2D eigenvalue weighted by Gasteiger charge is -2.10. The molecule has 3 nitrogen and oxygen atoms in total. The predicted molar refractivity (Wildman–Crippen MR) is 79.5 cm³/mol. The zero-order valence-electron chi connectivity index (χ0n) is 12.6. The quantitative estimate of drug-likeness (QED) is 0.906. The van der Waals surface area contributed by atoms with Crippen LogP contribution in [0.15, 0.2) is 24.5 Å². The van der Waals surface area contributed by atoms with E-state index >= 15 is 0 Å². The minimum Gasteiger partial charge on any atom is -0.312 e. The first-order chi connectivity index (χ1) is 9.49. The van der Waals surface area contributed by atoms with E-state index in [1.807, 2.05) is 26.0 Å². The van der Waals surface area contributed by atoms with Crippen LogP contribution in [-0.4, -0.2) is 16.1 Å². The number of halogens is 1. The number of imidazole rings is 1. The zero-order chi connectivity index (χ0) is 14.7. The maximum absolute atomic E-state index is 14.2. The summed E-state index contributed by atoms with van der Waals surface area (Å²) in [5, 5.41) is 3.32. The van der Waals surface area contributed by atoms with Crippen LogP contribution in [-0.2, 0) is 6.54 Å². The van der Waals surface area contributed by atoms with Gasteiger partial charge in [0.15, 0.2) is 0 Å². The number of aromatic nitrogens is 2. The summed E-state index contributed by atoms with van der Waals surface area (Å²) < 4.78 is 16.0. The highest BCUT2D eigenvalue weighted by Gasteiger charge is 2.09. The number of hydrogen-bond donors (Lipinski definition) is 1. The smallest absolute Gasteiger partial charge is 0.147 e. The summed E-state index contributed by atoms with van der Waals surface area (Å²) in [4.78, 5) is 4.21. The Kier molecular flexibility index (Phi) is 4.55. The van der Waals surface area contributed by atoms with E-state index in [0.29, 0.717) is 18.2 Å². The van der Waals surface area contributed by atoms with Gasteiger partial charge in [0.25, 0.3) is 0 Å². The Morgan fingerprint density at radius 3 is 2.60 bits per heavy atom. The molecule has 2 aromatic rings. The van der Waals surface area contributed by atoms with Crippen LogP contribution >= 0.6 is 0 Å². The Balaban J connectivity index is 2.16. The van der Waals surface area contributed by atoms with Gasteiger partial charge in [-0.25, -0.2) is 9.37 Å². The second-order valence-electron chi connectivity index (χ2n) is 5.60. The first kappa shape index (κ1) is 14.7. The molecule has 0 saturated carbocycles.